The predicted molar refractivity (Wildman–Crippen MR) is 54.9 cm³/mol. The van der Waals surface area contributed by atoms with Gasteiger partial charge in [0.05, 0.1) is 6.10 Å². The second kappa shape index (κ2) is 6.35. The molecule has 0 aromatic rings. The normalized spacial score (nSPS) is 28.2. The lowest BCUT2D eigenvalue weighted by Gasteiger charge is -2.14. The second-order valence-corrected chi connectivity index (χ2v) is 3.68. The van der Waals surface area contributed by atoms with Gasteiger partial charge >= 0.3 is 0 Å². The van der Waals surface area contributed by atoms with Gasteiger partial charge in [0.25, 0.3) is 0 Å². The second-order valence-electron chi connectivity index (χ2n) is 3.68. The van der Waals surface area contributed by atoms with Gasteiger partial charge in [0.2, 0.25) is 0 Å². The van der Waals surface area contributed by atoms with Crippen LogP contribution in [0.4, 0.5) is 0 Å². The Morgan fingerprint density at radius 2 is 2.08 bits per heavy atom. The minimum atomic E-state index is 0.451. The molecule has 78 valence electrons. The predicted octanol–water partition coefficient (Wildman–Crippen LogP) is 0.611. The molecule has 3 nitrogen and oxygen atoms in total. The van der Waals surface area contributed by atoms with Crippen LogP contribution in [0.2, 0.25) is 0 Å². The Morgan fingerprint density at radius 3 is 2.69 bits per heavy atom. The maximum absolute atomic E-state index is 5.49. The number of ether oxygens (including phenoxy) is 1. The first kappa shape index (κ1) is 11.0. The third-order valence-electron chi connectivity index (χ3n) is 2.67. The Morgan fingerprint density at radius 1 is 1.31 bits per heavy atom. The highest BCUT2D eigenvalue weighted by Gasteiger charge is 2.23. The lowest BCUT2D eigenvalue weighted by molar-refractivity contribution is 0.105. The molecule has 13 heavy (non-hydrogen) atoms. The molecule has 1 rings (SSSR count). The van der Waals surface area contributed by atoms with E-state index in [0.717, 1.165) is 38.7 Å². The van der Waals surface area contributed by atoms with E-state index in [1.165, 1.54) is 6.42 Å². The monoisotopic (exact) mass is 186 g/mol. The molecule has 1 heterocycles. The Kier molecular flexibility index (Phi) is 5.35. The zero-order valence-corrected chi connectivity index (χ0v) is 8.81. The van der Waals surface area contributed by atoms with E-state index in [0.29, 0.717) is 6.10 Å². The molecule has 1 saturated heterocycles. The van der Waals surface area contributed by atoms with Crippen LogP contribution in [0.1, 0.15) is 20.3 Å². The van der Waals surface area contributed by atoms with Gasteiger partial charge in [-0.15, -0.1) is 0 Å². The van der Waals surface area contributed by atoms with Crippen molar-refractivity contribution in [2.45, 2.75) is 26.4 Å². The van der Waals surface area contributed by atoms with Crippen LogP contribution in [0, 0.1) is 5.92 Å². The lowest BCUT2D eigenvalue weighted by Crippen LogP contribution is -2.32. The molecule has 1 fully saturated rings. The van der Waals surface area contributed by atoms with Crippen LogP contribution < -0.4 is 10.6 Å². The molecule has 0 bridgehead atoms. The summed E-state index contributed by atoms with van der Waals surface area (Å²) in [5, 5.41) is 6.74. The fraction of sp³-hybridized carbons (Fsp3) is 1.00. The Bertz CT molecular complexity index is 130. The van der Waals surface area contributed by atoms with Crippen LogP contribution in [-0.2, 0) is 4.74 Å². The molecular weight excluding hydrogens is 164 g/mol. The van der Waals surface area contributed by atoms with Crippen LogP contribution >= 0.6 is 0 Å². The first-order valence-corrected chi connectivity index (χ1v) is 5.37. The van der Waals surface area contributed by atoms with Gasteiger partial charge in [-0.3, -0.25) is 0 Å². The summed E-state index contributed by atoms with van der Waals surface area (Å²) in [4.78, 5) is 0. The van der Waals surface area contributed by atoms with Crippen LogP contribution in [-0.4, -0.2) is 38.9 Å². The molecular formula is C10H22N2O. The maximum Gasteiger partial charge on any atom is 0.0588 e. The third-order valence-corrected chi connectivity index (χ3v) is 2.67. The Hall–Kier alpha value is -0.120. The quantitative estimate of drug-likeness (QED) is 0.596. The summed E-state index contributed by atoms with van der Waals surface area (Å²) < 4.78 is 5.49. The molecule has 3 heteroatoms. The smallest absolute Gasteiger partial charge is 0.0588 e. The van der Waals surface area contributed by atoms with Crippen molar-refractivity contribution >= 4 is 0 Å². The van der Waals surface area contributed by atoms with E-state index in [9.17, 15) is 0 Å². The number of nitrogens with one attached hydrogen (secondary N) is 2. The largest absolute Gasteiger partial charge is 0.378 e. The van der Waals surface area contributed by atoms with Crippen molar-refractivity contribution in [3.63, 3.8) is 0 Å². The van der Waals surface area contributed by atoms with E-state index >= 15 is 0 Å². The summed E-state index contributed by atoms with van der Waals surface area (Å²) in [5.74, 6) is 0.724. The van der Waals surface area contributed by atoms with Gasteiger partial charge in [-0.05, 0) is 25.8 Å². The molecule has 0 aliphatic carbocycles. The van der Waals surface area contributed by atoms with Crippen molar-refractivity contribution in [3.05, 3.63) is 0 Å². The van der Waals surface area contributed by atoms with E-state index in [1.54, 1.807) is 0 Å². The molecule has 2 N–H and O–H groups in total. The molecule has 1 aliphatic heterocycles. The van der Waals surface area contributed by atoms with E-state index in [1.807, 2.05) is 0 Å². The number of likely N-dealkylation sites (N-methyl/N-ethyl adjacent to an activating group) is 1. The fourth-order valence-electron chi connectivity index (χ4n) is 1.69. The molecule has 1 aliphatic rings. The summed E-state index contributed by atoms with van der Waals surface area (Å²) in [7, 11) is 0. The topological polar surface area (TPSA) is 33.3 Å². The van der Waals surface area contributed by atoms with Gasteiger partial charge in [-0.25, -0.2) is 0 Å². The molecule has 0 spiro atoms. The first-order chi connectivity index (χ1) is 6.34. The summed E-state index contributed by atoms with van der Waals surface area (Å²) in [6, 6.07) is 0. The van der Waals surface area contributed by atoms with Gasteiger partial charge in [0.15, 0.2) is 0 Å². The van der Waals surface area contributed by atoms with E-state index in [-0.39, 0.29) is 0 Å². The van der Waals surface area contributed by atoms with E-state index in [2.05, 4.69) is 24.5 Å². The Balaban J connectivity index is 1.93. The summed E-state index contributed by atoms with van der Waals surface area (Å²) >= 11 is 0. The SMILES string of the molecule is CCNCCNCC1CCOC1C. The molecule has 0 aromatic carbocycles. The van der Waals surface area contributed by atoms with Crippen molar-refractivity contribution in [1.82, 2.24) is 10.6 Å². The summed E-state index contributed by atoms with van der Waals surface area (Å²) in [6.07, 6.45) is 1.67. The van der Waals surface area contributed by atoms with Crippen LogP contribution in [0.3, 0.4) is 0 Å². The number of hydrogen-bond acceptors (Lipinski definition) is 3. The van der Waals surface area contributed by atoms with Gasteiger partial charge < -0.3 is 15.4 Å². The van der Waals surface area contributed by atoms with E-state index in [4.69, 9.17) is 4.74 Å². The van der Waals surface area contributed by atoms with Crippen molar-refractivity contribution < 1.29 is 4.74 Å². The van der Waals surface area contributed by atoms with Crippen LogP contribution in [0.5, 0.6) is 0 Å². The molecule has 0 aromatic heterocycles. The van der Waals surface area contributed by atoms with Crippen LogP contribution in [0.25, 0.3) is 0 Å². The standard InChI is InChI=1S/C10H22N2O/c1-3-11-5-6-12-8-10-4-7-13-9(10)2/h9-12H,3-8H2,1-2H3. The lowest BCUT2D eigenvalue weighted by atomic mass is 10.0. The summed E-state index contributed by atoms with van der Waals surface area (Å²) in [5.41, 5.74) is 0. The molecule has 2 unspecified atom stereocenters. The highest BCUT2D eigenvalue weighted by atomic mass is 16.5. The minimum Gasteiger partial charge on any atom is -0.378 e. The average molecular weight is 186 g/mol. The zero-order valence-electron chi connectivity index (χ0n) is 8.81. The van der Waals surface area contributed by atoms with E-state index < -0.39 is 0 Å². The van der Waals surface area contributed by atoms with Gasteiger partial charge in [0.1, 0.15) is 0 Å². The molecule has 0 amide bonds. The molecule has 0 radical (unpaired) electrons. The highest BCUT2D eigenvalue weighted by Crippen LogP contribution is 2.18. The van der Waals surface area contributed by atoms with Crippen molar-refractivity contribution in [2.75, 3.05) is 32.8 Å². The number of rotatable bonds is 6. The maximum atomic E-state index is 5.49. The van der Waals surface area contributed by atoms with Crippen molar-refractivity contribution in [3.8, 4) is 0 Å². The fourth-order valence-corrected chi connectivity index (χ4v) is 1.69. The molecule has 0 saturated carbocycles. The van der Waals surface area contributed by atoms with Crippen molar-refractivity contribution in [2.24, 2.45) is 5.92 Å². The minimum absolute atomic E-state index is 0.451. The van der Waals surface area contributed by atoms with Crippen molar-refractivity contribution in [1.29, 1.82) is 0 Å². The van der Waals surface area contributed by atoms with Gasteiger partial charge in [-0.2, -0.15) is 0 Å². The van der Waals surface area contributed by atoms with Crippen LogP contribution in [0.15, 0.2) is 0 Å². The zero-order chi connectivity index (χ0) is 9.52. The van der Waals surface area contributed by atoms with Gasteiger partial charge in [0, 0.05) is 26.2 Å². The molecule has 2 atom stereocenters. The Labute approximate surface area is 81.2 Å². The van der Waals surface area contributed by atoms with Gasteiger partial charge in [-0.1, -0.05) is 6.92 Å². The average Bonchev–Trinajstić information content (AvgIpc) is 2.52. The number of hydrogen-bond donors (Lipinski definition) is 2. The first-order valence-electron chi connectivity index (χ1n) is 5.37. The third kappa shape index (κ3) is 4.07. The highest BCUT2D eigenvalue weighted by molar-refractivity contribution is 4.74. The summed E-state index contributed by atoms with van der Waals surface area (Å²) in [6.45, 7) is 9.55.